The lowest BCUT2D eigenvalue weighted by Gasteiger charge is -2.33. The summed E-state index contributed by atoms with van der Waals surface area (Å²) < 4.78 is 38.9. The topological polar surface area (TPSA) is 123 Å². The fourth-order valence-electron chi connectivity index (χ4n) is 3.80. The van der Waals surface area contributed by atoms with Crippen LogP contribution in [0.3, 0.4) is 0 Å². The van der Waals surface area contributed by atoms with E-state index in [0.717, 1.165) is 18.9 Å². The molecule has 1 saturated carbocycles. The monoisotopic (exact) mass is 481 g/mol. The first-order valence-corrected chi connectivity index (χ1v) is 10.6. The van der Waals surface area contributed by atoms with Gasteiger partial charge in [-0.15, -0.1) is 0 Å². The Bertz CT molecular complexity index is 991. The molecule has 1 spiro atoms. The number of hydrogen-bond acceptors (Lipinski definition) is 7. The van der Waals surface area contributed by atoms with Gasteiger partial charge in [0, 0.05) is 6.08 Å². The van der Waals surface area contributed by atoms with Gasteiger partial charge in [0.05, 0.1) is 7.11 Å². The maximum atomic E-state index is 12.7. The van der Waals surface area contributed by atoms with E-state index in [0.29, 0.717) is 29.3 Å². The maximum Gasteiger partial charge on any atom is 0.387 e. The third kappa shape index (κ3) is 5.80. The average molecular weight is 481 g/mol. The number of halogens is 2. The summed E-state index contributed by atoms with van der Waals surface area (Å²) in [6.07, 6.45) is 4.88. The lowest BCUT2D eigenvalue weighted by Crippen LogP contribution is -2.52. The molecule has 1 aliphatic heterocycles. The van der Waals surface area contributed by atoms with Crippen molar-refractivity contribution in [1.29, 1.82) is 0 Å². The second-order valence-corrected chi connectivity index (χ2v) is 8.10. The first-order chi connectivity index (χ1) is 16.1. The fourth-order valence-corrected chi connectivity index (χ4v) is 3.80. The van der Waals surface area contributed by atoms with Crippen LogP contribution in [0.1, 0.15) is 38.2 Å². The predicted octanol–water partition coefficient (Wildman–Crippen LogP) is 2.38. The normalized spacial score (nSPS) is 22.3. The van der Waals surface area contributed by atoms with Gasteiger partial charge < -0.3 is 19.5 Å². The Morgan fingerprint density at radius 1 is 1.26 bits per heavy atom. The number of amides is 4. The summed E-state index contributed by atoms with van der Waals surface area (Å²) in [5.74, 6) is -1.94. The Morgan fingerprint density at radius 3 is 2.62 bits per heavy atom. The van der Waals surface area contributed by atoms with Crippen molar-refractivity contribution in [3.63, 3.8) is 0 Å². The number of nitrogens with one attached hydrogen (secondary N) is 2. The van der Waals surface area contributed by atoms with Crippen molar-refractivity contribution >= 4 is 29.9 Å². The number of nitrogens with zero attached hydrogens (tertiary/aromatic N) is 1. The van der Waals surface area contributed by atoms with E-state index in [2.05, 4.69) is 22.4 Å². The number of methoxy groups -OCH3 is 1. The van der Waals surface area contributed by atoms with Crippen LogP contribution in [-0.4, -0.2) is 54.7 Å². The standard InChI is InChI=1S/C22H25F2N3O7/c1-13-7-9-22(10-8-13)19(30)27(21(31)25-22)26-17(28)12-33-18(29)6-4-14-3-5-15(34-20(23)24)16(11-14)32-2/h3-6,11,13,20H,7-10,12H2,1-2H3,(H,25,31)(H,26,28)/b6-4+. The molecule has 0 unspecified atom stereocenters. The Morgan fingerprint density at radius 2 is 1.97 bits per heavy atom. The zero-order valence-corrected chi connectivity index (χ0v) is 18.6. The van der Waals surface area contributed by atoms with Gasteiger partial charge in [-0.2, -0.15) is 13.8 Å². The van der Waals surface area contributed by atoms with Crippen molar-refractivity contribution in [2.75, 3.05) is 13.7 Å². The number of hydrogen-bond donors (Lipinski definition) is 2. The molecule has 0 bridgehead atoms. The number of hydrazine groups is 1. The molecule has 2 N–H and O–H groups in total. The molecule has 1 heterocycles. The van der Waals surface area contributed by atoms with Crippen molar-refractivity contribution in [2.45, 2.75) is 44.8 Å². The first-order valence-electron chi connectivity index (χ1n) is 10.6. The minimum Gasteiger partial charge on any atom is -0.493 e. The molecule has 2 fully saturated rings. The van der Waals surface area contributed by atoms with Gasteiger partial charge in [-0.25, -0.2) is 9.59 Å². The summed E-state index contributed by atoms with van der Waals surface area (Å²) in [5.41, 5.74) is 1.58. The van der Waals surface area contributed by atoms with Crippen LogP contribution in [-0.2, 0) is 19.1 Å². The quantitative estimate of drug-likeness (QED) is 0.332. The number of ether oxygens (including phenoxy) is 3. The number of benzene rings is 1. The molecule has 184 valence electrons. The zero-order chi connectivity index (χ0) is 24.9. The Kier molecular flexibility index (Phi) is 7.69. The van der Waals surface area contributed by atoms with Gasteiger partial charge in [-0.05, 0) is 55.4 Å². The highest BCUT2D eigenvalue weighted by molar-refractivity contribution is 6.08. The van der Waals surface area contributed by atoms with Crippen LogP contribution in [0, 0.1) is 5.92 Å². The van der Waals surface area contributed by atoms with Gasteiger partial charge in [0.1, 0.15) is 5.54 Å². The van der Waals surface area contributed by atoms with E-state index in [-0.39, 0.29) is 11.5 Å². The van der Waals surface area contributed by atoms with Crippen molar-refractivity contribution in [3.05, 3.63) is 29.8 Å². The minimum absolute atomic E-state index is 0.0361. The second-order valence-electron chi connectivity index (χ2n) is 8.10. The van der Waals surface area contributed by atoms with E-state index >= 15 is 0 Å². The summed E-state index contributed by atoms with van der Waals surface area (Å²) in [6, 6.07) is 3.30. The number of esters is 1. The molecule has 12 heteroatoms. The molecule has 1 aliphatic carbocycles. The predicted molar refractivity (Wildman–Crippen MR) is 114 cm³/mol. The number of carbonyl (C=O) groups excluding carboxylic acids is 4. The Balaban J connectivity index is 1.50. The molecule has 1 aromatic carbocycles. The van der Waals surface area contributed by atoms with Crippen LogP contribution < -0.4 is 20.2 Å². The summed E-state index contributed by atoms with van der Waals surface area (Å²) >= 11 is 0. The molecule has 34 heavy (non-hydrogen) atoms. The molecule has 0 radical (unpaired) electrons. The average Bonchev–Trinajstić information content (AvgIpc) is 3.02. The van der Waals surface area contributed by atoms with Crippen LogP contribution in [0.25, 0.3) is 6.08 Å². The lowest BCUT2D eigenvalue weighted by molar-refractivity contribution is -0.147. The number of rotatable bonds is 8. The van der Waals surface area contributed by atoms with Crippen LogP contribution in [0.2, 0.25) is 0 Å². The molecule has 0 atom stereocenters. The van der Waals surface area contributed by atoms with E-state index in [4.69, 9.17) is 9.47 Å². The molecule has 2 aliphatic rings. The highest BCUT2D eigenvalue weighted by Gasteiger charge is 2.52. The van der Waals surface area contributed by atoms with Gasteiger partial charge in [0.25, 0.3) is 11.8 Å². The minimum atomic E-state index is -3.02. The van der Waals surface area contributed by atoms with Crippen molar-refractivity contribution in [3.8, 4) is 11.5 Å². The van der Waals surface area contributed by atoms with Crippen molar-refractivity contribution in [1.82, 2.24) is 15.8 Å². The molecule has 0 aromatic heterocycles. The van der Waals surface area contributed by atoms with E-state index in [1.54, 1.807) is 0 Å². The van der Waals surface area contributed by atoms with E-state index in [9.17, 15) is 28.0 Å². The van der Waals surface area contributed by atoms with Gasteiger partial charge in [-0.1, -0.05) is 13.0 Å². The van der Waals surface area contributed by atoms with Crippen LogP contribution in [0.5, 0.6) is 11.5 Å². The smallest absolute Gasteiger partial charge is 0.387 e. The summed E-state index contributed by atoms with van der Waals surface area (Å²) in [7, 11) is 1.27. The van der Waals surface area contributed by atoms with E-state index in [1.165, 1.54) is 31.4 Å². The zero-order valence-electron chi connectivity index (χ0n) is 18.6. The molecule has 1 saturated heterocycles. The van der Waals surface area contributed by atoms with Crippen molar-refractivity contribution < 1.29 is 42.2 Å². The number of carbonyl (C=O) groups is 4. The van der Waals surface area contributed by atoms with Crippen LogP contribution in [0.15, 0.2) is 24.3 Å². The summed E-state index contributed by atoms with van der Waals surface area (Å²) in [6.45, 7) is -1.67. The number of alkyl halides is 2. The summed E-state index contributed by atoms with van der Waals surface area (Å²) in [5, 5.41) is 3.29. The maximum absolute atomic E-state index is 12.7. The molecular weight excluding hydrogens is 456 g/mol. The molecule has 3 rings (SSSR count). The SMILES string of the molecule is COc1cc(/C=C/C(=O)OCC(=O)NN2C(=O)NC3(CCC(C)CC3)C2=O)ccc1OC(F)F. The molecule has 10 nitrogen and oxygen atoms in total. The highest BCUT2D eigenvalue weighted by Crippen LogP contribution is 2.35. The largest absolute Gasteiger partial charge is 0.493 e. The molecular formula is C22H25F2N3O7. The number of urea groups is 1. The fraction of sp³-hybridized carbons (Fsp3) is 0.455. The second kappa shape index (κ2) is 10.5. The Hall–Kier alpha value is -3.70. The van der Waals surface area contributed by atoms with E-state index < -0.39 is 42.6 Å². The van der Waals surface area contributed by atoms with Gasteiger partial charge in [0.2, 0.25) is 0 Å². The van der Waals surface area contributed by atoms with Gasteiger partial charge in [0.15, 0.2) is 18.1 Å². The third-order valence-electron chi connectivity index (χ3n) is 5.69. The van der Waals surface area contributed by atoms with Crippen LogP contribution >= 0.6 is 0 Å². The van der Waals surface area contributed by atoms with Gasteiger partial charge in [-0.3, -0.25) is 15.0 Å². The van der Waals surface area contributed by atoms with E-state index in [1.807, 2.05) is 0 Å². The molecule has 4 amide bonds. The summed E-state index contributed by atoms with van der Waals surface area (Å²) in [4.78, 5) is 49.0. The highest BCUT2D eigenvalue weighted by atomic mass is 19.3. The number of imide groups is 1. The van der Waals surface area contributed by atoms with Crippen molar-refractivity contribution in [2.24, 2.45) is 5.92 Å². The lowest BCUT2D eigenvalue weighted by atomic mass is 9.77. The van der Waals surface area contributed by atoms with Gasteiger partial charge >= 0.3 is 18.6 Å². The third-order valence-corrected chi connectivity index (χ3v) is 5.69. The first kappa shape index (κ1) is 24.9. The Labute approximate surface area is 194 Å². The molecule has 1 aromatic rings. The van der Waals surface area contributed by atoms with Crippen LogP contribution in [0.4, 0.5) is 13.6 Å².